The van der Waals surface area contributed by atoms with Crippen molar-refractivity contribution in [3.63, 3.8) is 0 Å². The van der Waals surface area contributed by atoms with E-state index in [1.54, 1.807) is 0 Å². The van der Waals surface area contributed by atoms with E-state index in [2.05, 4.69) is 37.8 Å². The molecule has 1 aromatic heterocycles. The fourth-order valence-electron chi connectivity index (χ4n) is 2.67. The van der Waals surface area contributed by atoms with Gasteiger partial charge in [0, 0.05) is 31.0 Å². The lowest BCUT2D eigenvalue weighted by Gasteiger charge is -2.29. The quantitative estimate of drug-likeness (QED) is 0.718. The zero-order chi connectivity index (χ0) is 18.4. The van der Waals surface area contributed by atoms with Crippen LogP contribution in [0.1, 0.15) is 52.0 Å². The van der Waals surface area contributed by atoms with E-state index < -0.39 is 0 Å². The number of hydrogen-bond acceptors (Lipinski definition) is 4. The summed E-state index contributed by atoms with van der Waals surface area (Å²) in [5.41, 5.74) is 2.13. The van der Waals surface area contributed by atoms with Crippen molar-refractivity contribution < 1.29 is 9.32 Å². The number of carbonyl (C=O) groups is 1. The molecule has 0 radical (unpaired) electrons. The highest BCUT2D eigenvalue weighted by Gasteiger charge is 2.20. The molecule has 1 amide bonds. The highest BCUT2D eigenvalue weighted by atomic mass is 16.5. The molecule has 2 rings (SSSR count). The number of hydrogen-bond donors (Lipinski definition) is 0. The van der Waals surface area contributed by atoms with E-state index in [-0.39, 0.29) is 11.9 Å². The van der Waals surface area contributed by atoms with E-state index in [0.717, 1.165) is 12.0 Å². The maximum Gasteiger partial charge on any atom is 0.228 e. The third kappa shape index (κ3) is 5.41. The van der Waals surface area contributed by atoms with Crippen LogP contribution >= 0.6 is 0 Å². The number of benzene rings is 1. The Kier molecular flexibility index (Phi) is 6.73. The molecule has 0 aliphatic rings. The summed E-state index contributed by atoms with van der Waals surface area (Å²) in [6.45, 7) is 11.0. The lowest BCUT2D eigenvalue weighted by Crippen LogP contribution is -2.40. The Morgan fingerprint density at radius 3 is 2.48 bits per heavy atom. The zero-order valence-electron chi connectivity index (χ0n) is 16.0. The molecule has 0 spiro atoms. The van der Waals surface area contributed by atoms with Crippen LogP contribution in [-0.4, -0.2) is 33.5 Å². The van der Waals surface area contributed by atoms with Gasteiger partial charge in [-0.05, 0) is 26.2 Å². The van der Waals surface area contributed by atoms with Gasteiger partial charge in [0.15, 0.2) is 0 Å². The van der Waals surface area contributed by atoms with Gasteiger partial charge in [-0.1, -0.05) is 55.8 Å². The summed E-state index contributed by atoms with van der Waals surface area (Å²) in [5.74, 6) is 1.72. The van der Waals surface area contributed by atoms with Gasteiger partial charge in [-0.3, -0.25) is 4.79 Å². The number of aromatic nitrogens is 2. The average Bonchev–Trinajstić information content (AvgIpc) is 3.03. The van der Waals surface area contributed by atoms with Gasteiger partial charge < -0.3 is 9.42 Å². The Morgan fingerprint density at radius 2 is 1.88 bits per heavy atom. The Labute approximate surface area is 150 Å². The van der Waals surface area contributed by atoms with Gasteiger partial charge >= 0.3 is 0 Å². The summed E-state index contributed by atoms with van der Waals surface area (Å²) < 4.78 is 5.37. The monoisotopic (exact) mass is 343 g/mol. The van der Waals surface area contributed by atoms with Crippen LogP contribution < -0.4 is 0 Å². The molecule has 1 atom stereocenters. The van der Waals surface area contributed by atoms with Gasteiger partial charge in [0.2, 0.25) is 17.6 Å². The lowest BCUT2D eigenvalue weighted by molar-refractivity contribution is -0.134. The van der Waals surface area contributed by atoms with Gasteiger partial charge in [0.1, 0.15) is 0 Å². The standard InChI is InChI=1S/C20H29N3O2/c1-6-16(5)23(19(24)13-14(2)3)12-11-18-21-20(22-25-18)17-9-7-15(4)8-10-17/h7-10,14,16H,6,11-13H2,1-5H3. The van der Waals surface area contributed by atoms with Crippen LogP contribution in [0.5, 0.6) is 0 Å². The number of aryl methyl sites for hydroxylation is 1. The number of rotatable bonds is 8. The highest BCUT2D eigenvalue weighted by Crippen LogP contribution is 2.17. The summed E-state index contributed by atoms with van der Waals surface area (Å²) in [5, 5.41) is 4.06. The lowest BCUT2D eigenvalue weighted by atomic mass is 10.1. The second kappa shape index (κ2) is 8.79. The SMILES string of the molecule is CCC(C)N(CCc1nc(-c2ccc(C)cc2)no1)C(=O)CC(C)C. The van der Waals surface area contributed by atoms with Crippen LogP contribution in [-0.2, 0) is 11.2 Å². The molecule has 25 heavy (non-hydrogen) atoms. The third-order valence-corrected chi connectivity index (χ3v) is 4.37. The predicted octanol–water partition coefficient (Wildman–Crippen LogP) is 4.26. The van der Waals surface area contributed by atoms with Crippen molar-refractivity contribution in [2.75, 3.05) is 6.54 Å². The van der Waals surface area contributed by atoms with Crippen molar-refractivity contribution in [1.82, 2.24) is 15.0 Å². The molecular formula is C20H29N3O2. The van der Waals surface area contributed by atoms with Crippen LogP contribution in [0.4, 0.5) is 0 Å². The topological polar surface area (TPSA) is 59.2 Å². The summed E-state index contributed by atoms with van der Waals surface area (Å²) in [4.78, 5) is 18.9. The molecule has 1 heterocycles. The molecule has 0 saturated heterocycles. The van der Waals surface area contributed by atoms with Crippen LogP contribution in [0.3, 0.4) is 0 Å². The van der Waals surface area contributed by atoms with Crippen molar-refractivity contribution in [2.24, 2.45) is 5.92 Å². The summed E-state index contributed by atoms with van der Waals surface area (Å²) in [6, 6.07) is 8.25. The van der Waals surface area contributed by atoms with Crippen molar-refractivity contribution in [1.29, 1.82) is 0 Å². The summed E-state index contributed by atoms with van der Waals surface area (Å²) in [6.07, 6.45) is 2.08. The second-order valence-electron chi connectivity index (χ2n) is 7.07. The molecule has 2 aromatic rings. The molecular weight excluding hydrogens is 314 g/mol. The molecule has 0 bridgehead atoms. The van der Waals surface area contributed by atoms with Gasteiger partial charge in [0.05, 0.1) is 0 Å². The number of nitrogens with zero attached hydrogens (tertiary/aromatic N) is 3. The van der Waals surface area contributed by atoms with Crippen molar-refractivity contribution >= 4 is 5.91 Å². The largest absolute Gasteiger partial charge is 0.339 e. The summed E-state index contributed by atoms with van der Waals surface area (Å²) >= 11 is 0. The number of carbonyl (C=O) groups excluding carboxylic acids is 1. The molecule has 5 nitrogen and oxygen atoms in total. The van der Waals surface area contributed by atoms with E-state index in [9.17, 15) is 4.79 Å². The fraction of sp³-hybridized carbons (Fsp3) is 0.550. The minimum Gasteiger partial charge on any atom is -0.339 e. The minimum atomic E-state index is 0.197. The van der Waals surface area contributed by atoms with Gasteiger partial charge in [-0.25, -0.2) is 0 Å². The van der Waals surface area contributed by atoms with Crippen molar-refractivity contribution in [3.05, 3.63) is 35.7 Å². The van der Waals surface area contributed by atoms with Crippen LogP contribution in [0.25, 0.3) is 11.4 Å². The maximum absolute atomic E-state index is 12.5. The molecule has 136 valence electrons. The van der Waals surface area contributed by atoms with Gasteiger partial charge in [-0.15, -0.1) is 0 Å². The van der Waals surface area contributed by atoms with Crippen molar-refractivity contribution in [2.45, 2.75) is 59.9 Å². The molecule has 0 fully saturated rings. The first-order chi connectivity index (χ1) is 11.9. The van der Waals surface area contributed by atoms with E-state index in [0.29, 0.717) is 37.0 Å². The highest BCUT2D eigenvalue weighted by molar-refractivity contribution is 5.76. The van der Waals surface area contributed by atoms with E-state index >= 15 is 0 Å². The molecule has 0 aliphatic carbocycles. The first-order valence-electron chi connectivity index (χ1n) is 9.09. The third-order valence-electron chi connectivity index (χ3n) is 4.37. The molecule has 1 aromatic carbocycles. The van der Waals surface area contributed by atoms with Gasteiger partial charge in [-0.2, -0.15) is 4.98 Å². The maximum atomic E-state index is 12.5. The smallest absolute Gasteiger partial charge is 0.228 e. The molecule has 0 aliphatic heterocycles. The van der Waals surface area contributed by atoms with E-state index in [4.69, 9.17) is 4.52 Å². The zero-order valence-corrected chi connectivity index (χ0v) is 16.0. The molecule has 1 unspecified atom stereocenters. The number of amides is 1. The Balaban J connectivity index is 2.02. The fourth-order valence-corrected chi connectivity index (χ4v) is 2.67. The first-order valence-corrected chi connectivity index (χ1v) is 9.09. The molecule has 5 heteroatoms. The summed E-state index contributed by atoms with van der Waals surface area (Å²) in [7, 11) is 0. The predicted molar refractivity (Wildman–Crippen MR) is 99.1 cm³/mol. The Hall–Kier alpha value is -2.17. The molecule has 0 saturated carbocycles. The first kappa shape index (κ1) is 19.2. The Morgan fingerprint density at radius 1 is 1.20 bits per heavy atom. The molecule has 0 N–H and O–H groups in total. The van der Waals surface area contributed by atoms with E-state index in [1.165, 1.54) is 5.56 Å². The van der Waals surface area contributed by atoms with Crippen molar-refractivity contribution in [3.8, 4) is 11.4 Å². The van der Waals surface area contributed by atoms with Crippen LogP contribution in [0, 0.1) is 12.8 Å². The minimum absolute atomic E-state index is 0.197. The van der Waals surface area contributed by atoms with E-state index in [1.807, 2.05) is 36.1 Å². The average molecular weight is 343 g/mol. The normalized spacial score (nSPS) is 12.4. The van der Waals surface area contributed by atoms with Gasteiger partial charge in [0.25, 0.3) is 0 Å². The second-order valence-corrected chi connectivity index (χ2v) is 7.07. The Bertz CT molecular complexity index is 677. The van der Waals surface area contributed by atoms with Crippen LogP contribution in [0.2, 0.25) is 0 Å². The van der Waals surface area contributed by atoms with Crippen LogP contribution in [0.15, 0.2) is 28.8 Å².